The largest absolute Gasteiger partial charge is 0.573 e. The minimum Gasteiger partial charge on any atom is -0.462 e. The van der Waals surface area contributed by atoms with Crippen molar-refractivity contribution in [2.24, 2.45) is 11.7 Å². The average Bonchev–Trinajstić information content (AvgIpc) is 3.59. The number of carbonyl (C=O) groups is 3. The van der Waals surface area contributed by atoms with Crippen molar-refractivity contribution in [3.05, 3.63) is 126 Å². The molecule has 0 aliphatic carbocycles. The highest BCUT2D eigenvalue weighted by atomic mass is 19.4. The summed E-state index contributed by atoms with van der Waals surface area (Å²) in [6.07, 6.45) is -3.10. The number of ether oxygens (including phenoxy) is 3. The lowest BCUT2D eigenvalue weighted by Crippen LogP contribution is -2.53. The van der Waals surface area contributed by atoms with E-state index in [0.717, 1.165) is 34.0 Å². The van der Waals surface area contributed by atoms with E-state index in [-0.39, 0.29) is 43.9 Å². The number of hydrogen-bond acceptors (Lipinski definition) is 6. The third-order valence-electron chi connectivity index (χ3n) is 9.13. The van der Waals surface area contributed by atoms with E-state index in [1.54, 1.807) is 6.92 Å². The van der Waals surface area contributed by atoms with Crippen LogP contribution in [0.25, 0.3) is 10.8 Å². The van der Waals surface area contributed by atoms with Crippen molar-refractivity contribution in [1.82, 2.24) is 9.80 Å². The second-order valence-electron chi connectivity index (χ2n) is 12.4. The first kappa shape index (κ1) is 34.3. The summed E-state index contributed by atoms with van der Waals surface area (Å²) in [5.41, 5.74) is 7.68. The molecule has 4 aromatic rings. The molecule has 2 aliphatic rings. The normalized spacial score (nSPS) is 19.2. The third kappa shape index (κ3) is 7.54. The smallest absolute Gasteiger partial charge is 0.462 e. The zero-order chi connectivity index (χ0) is 35.4. The lowest BCUT2D eigenvalue weighted by atomic mass is 9.93. The van der Waals surface area contributed by atoms with Gasteiger partial charge in [-0.25, -0.2) is 0 Å². The zero-order valence-corrected chi connectivity index (χ0v) is 27.2. The Labute approximate surface area is 287 Å². The number of rotatable bonds is 10. The molecule has 4 unspecified atom stereocenters. The van der Waals surface area contributed by atoms with Crippen molar-refractivity contribution >= 4 is 28.5 Å². The molecule has 2 N–H and O–H groups in total. The van der Waals surface area contributed by atoms with Gasteiger partial charge in [-0.2, -0.15) is 0 Å². The summed E-state index contributed by atoms with van der Waals surface area (Å²) in [5.74, 6) is -3.14. The van der Waals surface area contributed by atoms with Gasteiger partial charge in [0.15, 0.2) is 0 Å². The maximum atomic E-state index is 14.9. The van der Waals surface area contributed by atoms with Gasteiger partial charge in [-0.1, -0.05) is 84.9 Å². The summed E-state index contributed by atoms with van der Waals surface area (Å²) in [6.45, 7) is 1.73. The molecule has 6 rings (SSSR count). The highest BCUT2D eigenvalue weighted by molar-refractivity contribution is 5.95. The number of amides is 3. The van der Waals surface area contributed by atoms with Crippen molar-refractivity contribution in [3.63, 3.8) is 0 Å². The van der Waals surface area contributed by atoms with E-state index >= 15 is 0 Å². The molecule has 0 radical (unpaired) electrons. The molecule has 50 heavy (non-hydrogen) atoms. The van der Waals surface area contributed by atoms with Crippen LogP contribution in [0.4, 0.5) is 13.2 Å². The molecule has 2 aliphatic heterocycles. The van der Waals surface area contributed by atoms with Crippen LogP contribution in [0.15, 0.2) is 109 Å². The van der Waals surface area contributed by atoms with Crippen LogP contribution in [-0.4, -0.2) is 59.3 Å². The molecule has 1 fully saturated rings. The fourth-order valence-corrected chi connectivity index (χ4v) is 6.76. The van der Waals surface area contributed by atoms with E-state index in [2.05, 4.69) is 4.74 Å². The van der Waals surface area contributed by atoms with Crippen LogP contribution in [0, 0.1) is 5.92 Å². The first-order chi connectivity index (χ1) is 24.0. The average molecular weight is 688 g/mol. The van der Waals surface area contributed by atoms with Crippen LogP contribution in [-0.2, 0) is 36.7 Å². The van der Waals surface area contributed by atoms with Crippen molar-refractivity contribution in [2.75, 3.05) is 13.3 Å². The van der Waals surface area contributed by atoms with Gasteiger partial charge in [-0.3, -0.25) is 14.4 Å². The highest BCUT2D eigenvalue weighted by Crippen LogP contribution is 2.37. The topological polar surface area (TPSA) is 111 Å². The Hall–Kier alpha value is -5.52. The van der Waals surface area contributed by atoms with E-state index in [1.165, 1.54) is 28.2 Å². The molecule has 3 amide bonds. The summed E-state index contributed by atoms with van der Waals surface area (Å²) >= 11 is 0. The Morgan fingerprint density at radius 1 is 0.960 bits per heavy atom. The van der Waals surface area contributed by atoms with Crippen LogP contribution in [0.1, 0.15) is 36.1 Å². The molecule has 9 nitrogen and oxygen atoms in total. The second kappa shape index (κ2) is 14.5. The number of benzene rings is 4. The quantitative estimate of drug-likeness (QED) is 0.218. The Morgan fingerprint density at radius 3 is 2.40 bits per heavy atom. The number of nitrogens with zero attached hydrogens (tertiary/aromatic N) is 2. The van der Waals surface area contributed by atoms with Gasteiger partial charge in [0.05, 0.1) is 0 Å². The molecule has 12 heteroatoms. The number of halogens is 3. The maximum absolute atomic E-state index is 14.9. The highest BCUT2D eigenvalue weighted by Gasteiger charge is 2.46. The molecule has 0 saturated carbocycles. The third-order valence-corrected chi connectivity index (χ3v) is 9.13. The van der Waals surface area contributed by atoms with E-state index < -0.39 is 53.9 Å². The molecule has 1 saturated heterocycles. The van der Waals surface area contributed by atoms with Crippen LogP contribution in [0.5, 0.6) is 5.75 Å². The van der Waals surface area contributed by atoms with Gasteiger partial charge in [0, 0.05) is 19.0 Å². The molecular formula is C38H36F3N3O6. The fraction of sp³-hybridized carbons (Fsp3) is 0.289. The van der Waals surface area contributed by atoms with Gasteiger partial charge in [0.2, 0.25) is 18.6 Å². The number of nitrogens with two attached hydrogens (primary N) is 1. The van der Waals surface area contributed by atoms with Crippen LogP contribution >= 0.6 is 0 Å². The van der Waals surface area contributed by atoms with Gasteiger partial charge in [-0.15, -0.1) is 13.2 Å². The standard InChI is InChI=1S/C38H36F3N3O6/c1-24-17-18-43(32(35(42)45)21-27-13-7-12-26-11-5-6-16-30(26)27)37(47)34(28-14-8-15-29(20-28)50-38(39,40)41)44(24)36(46)31(33-22-48-23-49-33)19-25-9-3-2-4-10-25/h2-16,20,22,24,31-32,34H,17-19,21,23H2,1H3,(H2,42,45). The molecular weight excluding hydrogens is 651 g/mol. The number of carbonyl (C=O) groups excluding carboxylic acids is 3. The minimum atomic E-state index is -5.00. The van der Waals surface area contributed by atoms with Crippen LogP contribution < -0.4 is 10.5 Å². The molecule has 0 aromatic heterocycles. The Morgan fingerprint density at radius 2 is 1.68 bits per heavy atom. The molecule has 4 aromatic carbocycles. The molecule has 0 spiro atoms. The van der Waals surface area contributed by atoms with Crippen molar-refractivity contribution in [1.29, 1.82) is 0 Å². The Kier molecular flexibility index (Phi) is 9.98. The van der Waals surface area contributed by atoms with E-state index in [0.29, 0.717) is 0 Å². The van der Waals surface area contributed by atoms with E-state index in [9.17, 15) is 27.6 Å². The van der Waals surface area contributed by atoms with E-state index in [4.69, 9.17) is 15.2 Å². The van der Waals surface area contributed by atoms with Crippen molar-refractivity contribution in [2.45, 2.75) is 50.7 Å². The first-order valence-corrected chi connectivity index (χ1v) is 16.2. The Balaban J connectivity index is 1.44. The van der Waals surface area contributed by atoms with Gasteiger partial charge < -0.3 is 29.7 Å². The molecule has 4 atom stereocenters. The Bertz CT molecular complexity index is 1890. The van der Waals surface area contributed by atoms with Crippen LogP contribution in [0.3, 0.4) is 0 Å². The van der Waals surface area contributed by atoms with Crippen molar-refractivity contribution < 1.29 is 41.8 Å². The van der Waals surface area contributed by atoms with Gasteiger partial charge in [0.1, 0.15) is 35.8 Å². The lowest BCUT2D eigenvalue weighted by Gasteiger charge is -2.37. The van der Waals surface area contributed by atoms with Crippen LogP contribution in [0.2, 0.25) is 0 Å². The summed E-state index contributed by atoms with van der Waals surface area (Å²) in [4.78, 5) is 45.7. The SMILES string of the molecule is CC1CCN(C(Cc2cccc3ccccc23)C(N)=O)C(=O)C(c2cccc(OC(F)(F)F)c2)N1C(=O)C(Cc1ccccc1)C1=COCO1. The van der Waals surface area contributed by atoms with Gasteiger partial charge >= 0.3 is 6.36 Å². The fourth-order valence-electron chi connectivity index (χ4n) is 6.76. The number of fused-ring (bicyclic) bond motifs is 1. The van der Waals surface area contributed by atoms with Gasteiger partial charge in [0.25, 0.3) is 5.91 Å². The summed E-state index contributed by atoms with van der Waals surface area (Å²) in [7, 11) is 0. The minimum absolute atomic E-state index is 0.0586. The maximum Gasteiger partial charge on any atom is 0.573 e. The molecule has 2 heterocycles. The predicted octanol–water partition coefficient (Wildman–Crippen LogP) is 6.03. The molecule has 0 bridgehead atoms. The number of hydrogen-bond donors (Lipinski definition) is 1. The van der Waals surface area contributed by atoms with E-state index in [1.807, 2.05) is 72.8 Å². The van der Waals surface area contributed by atoms with Gasteiger partial charge in [-0.05, 0) is 59.4 Å². The second-order valence-corrected chi connectivity index (χ2v) is 12.4. The zero-order valence-electron chi connectivity index (χ0n) is 27.2. The summed E-state index contributed by atoms with van der Waals surface area (Å²) < 4.78 is 55.2. The number of alkyl halides is 3. The monoisotopic (exact) mass is 687 g/mol. The summed E-state index contributed by atoms with van der Waals surface area (Å²) in [6, 6.07) is 24.3. The predicted molar refractivity (Wildman–Crippen MR) is 178 cm³/mol. The molecule has 260 valence electrons. The number of primary amides is 1. The summed E-state index contributed by atoms with van der Waals surface area (Å²) in [5, 5.41) is 1.83. The lowest BCUT2D eigenvalue weighted by molar-refractivity contribution is -0.274. The first-order valence-electron chi connectivity index (χ1n) is 16.2. The van der Waals surface area contributed by atoms with Crippen molar-refractivity contribution in [3.8, 4) is 5.75 Å².